The minimum Gasteiger partial charge on any atom is -0.462 e. The van der Waals surface area contributed by atoms with E-state index in [0.717, 1.165) is 26.2 Å². The third-order valence-electron chi connectivity index (χ3n) is 4.49. The molecule has 1 aromatic carbocycles. The minimum atomic E-state index is -0.362. The van der Waals surface area contributed by atoms with Gasteiger partial charge in [-0.2, -0.15) is 0 Å². The molecule has 136 valence electrons. The summed E-state index contributed by atoms with van der Waals surface area (Å²) < 4.78 is 4.96. The maximum atomic E-state index is 12.5. The van der Waals surface area contributed by atoms with Crippen LogP contribution < -0.4 is 4.90 Å². The van der Waals surface area contributed by atoms with Gasteiger partial charge in [0.05, 0.1) is 18.7 Å². The van der Waals surface area contributed by atoms with Crippen molar-refractivity contribution in [2.75, 3.05) is 44.2 Å². The summed E-state index contributed by atoms with van der Waals surface area (Å²) in [5, 5.41) is 0. The lowest BCUT2D eigenvalue weighted by atomic mass is 10.1. The number of carbonyl (C=O) groups is 2. The van der Waals surface area contributed by atoms with Crippen LogP contribution in [0.4, 0.5) is 5.69 Å². The second-order valence-electron chi connectivity index (χ2n) is 6.19. The summed E-state index contributed by atoms with van der Waals surface area (Å²) in [6.45, 7) is 5.96. The topological polar surface area (TPSA) is 62.7 Å². The number of hydrogen-bond acceptors (Lipinski definition) is 6. The lowest BCUT2D eigenvalue weighted by Crippen LogP contribution is -2.48. The molecule has 0 aliphatic carbocycles. The van der Waals surface area contributed by atoms with E-state index in [9.17, 15) is 9.59 Å². The fourth-order valence-corrected chi connectivity index (χ4v) is 3.02. The number of pyridine rings is 1. The van der Waals surface area contributed by atoms with E-state index in [0.29, 0.717) is 24.3 Å². The molecule has 2 heterocycles. The predicted octanol–water partition coefficient (Wildman–Crippen LogP) is 2.26. The summed E-state index contributed by atoms with van der Waals surface area (Å²) in [5.74, 6) is -0.295. The fourth-order valence-electron chi connectivity index (χ4n) is 3.02. The average molecular weight is 353 g/mol. The molecule has 6 nitrogen and oxygen atoms in total. The Hall–Kier alpha value is -2.73. The van der Waals surface area contributed by atoms with Crippen molar-refractivity contribution < 1.29 is 14.3 Å². The summed E-state index contributed by atoms with van der Waals surface area (Å²) in [5.41, 5.74) is 2.25. The number of hydrogen-bond donors (Lipinski definition) is 0. The van der Waals surface area contributed by atoms with Crippen molar-refractivity contribution in [2.24, 2.45) is 0 Å². The first-order valence-electron chi connectivity index (χ1n) is 8.85. The Morgan fingerprint density at radius 1 is 0.962 bits per heavy atom. The van der Waals surface area contributed by atoms with Gasteiger partial charge in [0.15, 0.2) is 5.78 Å². The first kappa shape index (κ1) is 18.1. The molecule has 1 aliphatic heterocycles. The molecule has 3 rings (SSSR count). The highest BCUT2D eigenvalue weighted by Gasteiger charge is 2.20. The summed E-state index contributed by atoms with van der Waals surface area (Å²) in [7, 11) is 0. The molecular formula is C20H23N3O3. The van der Waals surface area contributed by atoms with Gasteiger partial charge < -0.3 is 9.64 Å². The molecule has 2 aromatic rings. The van der Waals surface area contributed by atoms with Crippen molar-refractivity contribution >= 4 is 17.4 Å². The number of ketones is 1. The van der Waals surface area contributed by atoms with Crippen LogP contribution >= 0.6 is 0 Å². The molecular weight excluding hydrogens is 330 g/mol. The maximum absolute atomic E-state index is 12.5. The van der Waals surface area contributed by atoms with Crippen molar-refractivity contribution in [1.82, 2.24) is 9.88 Å². The second-order valence-corrected chi connectivity index (χ2v) is 6.19. The smallest absolute Gasteiger partial charge is 0.338 e. The molecule has 1 fully saturated rings. The molecule has 26 heavy (non-hydrogen) atoms. The summed E-state index contributed by atoms with van der Waals surface area (Å²) >= 11 is 0. The molecule has 0 spiro atoms. The van der Waals surface area contributed by atoms with E-state index in [4.69, 9.17) is 4.74 Å². The van der Waals surface area contributed by atoms with Gasteiger partial charge in [0, 0.05) is 49.8 Å². The zero-order valence-corrected chi connectivity index (χ0v) is 14.9. The van der Waals surface area contributed by atoms with Crippen LogP contribution in [0.5, 0.6) is 0 Å². The summed E-state index contributed by atoms with van der Waals surface area (Å²) in [6, 6.07) is 10.7. The Kier molecular flexibility index (Phi) is 5.96. The van der Waals surface area contributed by atoms with Gasteiger partial charge in [-0.25, -0.2) is 4.79 Å². The third-order valence-corrected chi connectivity index (χ3v) is 4.49. The van der Waals surface area contributed by atoms with Crippen LogP contribution in [0.25, 0.3) is 0 Å². The lowest BCUT2D eigenvalue weighted by Gasteiger charge is -2.35. The average Bonchev–Trinajstić information content (AvgIpc) is 2.69. The van der Waals surface area contributed by atoms with Gasteiger partial charge in [-0.15, -0.1) is 0 Å². The molecule has 0 radical (unpaired) electrons. The number of esters is 1. The Morgan fingerprint density at radius 3 is 2.19 bits per heavy atom. The normalized spacial score (nSPS) is 14.9. The van der Waals surface area contributed by atoms with Gasteiger partial charge in [0.2, 0.25) is 0 Å². The van der Waals surface area contributed by atoms with E-state index in [1.54, 1.807) is 43.6 Å². The molecule has 1 aromatic heterocycles. The predicted molar refractivity (Wildman–Crippen MR) is 99.6 cm³/mol. The van der Waals surface area contributed by atoms with Crippen molar-refractivity contribution in [3.63, 3.8) is 0 Å². The van der Waals surface area contributed by atoms with E-state index >= 15 is 0 Å². The quantitative estimate of drug-likeness (QED) is 0.586. The highest BCUT2D eigenvalue weighted by molar-refractivity contribution is 5.98. The molecule has 6 heteroatoms. The molecule has 1 saturated heterocycles. The van der Waals surface area contributed by atoms with Crippen LogP contribution in [0.15, 0.2) is 48.8 Å². The number of Topliss-reactive ketones (excluding diaryl/α,β-unsaturated/α-hetero) is 1. The van der Waals surface area contributed by atoms with Gasteiger partial charge in [0.1, 0.15) is 0 Å². The number of anilines is 1. The van der Waals surface area contributed by atoms with E-state index in [1.165, 1.54) is 5.69 Å². The maximum Gasteiger partial charge on any atom is 0.338 e. The zero-order valence-electron chi connectivity index (χ0n) is 14.9. The number of piperazine rings is 1. The SMILES string of the molecule is CCOC(=O)c1ccc(C(=O)CN2CCN(c3ccncc3)CC2)cc1. The van der Waals surface area contributed by atoms with Crippen LogP contribution in [-0.4, -0.2) is 61.0 Å². The zero-order chi connectivity index (χ0) is 18.4. The molecule has 0 saturated carbocycles. The number of nitrogens with zero attached hydrogens (tertiary/aromatic N) is 3. The molecule has 0 atom stereocenters. The number of carbonyl (C=O) groups excluding carboxylic acids is 2. The van der Waals surface area contributed by atoms with Crippen molar-refractivity contribution in [3.05, 3.63) is 59.9 Å². The first-order valence-corrected chi connectivity index (χ1v) is 8.85. The van der Waals surface area contributed by atoms with Gasteiger partial charge in [-0.1, -0.05) is 12.1 Å². The number of ether oxygens (including phenoxy) is 1. The number of benzene rings is 1. The lowest BCUT2D eigenvalue weighted by molar-refractivity contribution is 0.0526. The fraction of sp³-hybridized carbons (Fsp3) is 0.350. The Morgan fingerprint density at radius 2 is 1.58 bits per heavy atom. The monoisotopic (exact) mass is 353 g/mol. The minimum absolute atomic E-state index is 0.0674. The van der Waals surface area contributed by atoms with Gasteiger partial charge >= 0.3 is 5.97 Å². The molecule has 0 bridgehead atoms. The van der Waals surface area contributed by atoms with Crippen molar-refractivity contribution in [1.29, 1.82) is 0 Å². The molecule has 1 aliphatic rings. The number of aromatic nitrogens is 1. The van der Waals surface area contributed by atoms with E-state index in [-0.39, 0.29) is 11.8 Å². The van der Waals surface area contributed by atoms with E-state index in [1.807, 2.05) is 12.1 Å². The van der Waals surface area contributed by atoms with Gasteiger partial charge in [0.25, 0.3) is 0 Å². The second kappa shape index (κ2) is 8.58. The van der Waals surface area contributed by atoms with E-state index < -0.39 is 0 Å². The van der Waals surface area contributed by atoms with Crippen LogP contribution in [0.1, 0.15) is 27.6 Å². The highest BCUT2D eigenvalue weighted by atomic mass is 16.5. The van der Waals surface area contributed by atoms with Crippen LogP contribution in [-0.2, 0) is 4.74 Å². The Balaban J connectivity index is 1.52. The first-order chi connectivity index (χ1) is 12.7. The standard InChI is InChI=1S/C20H23N3O3/c1-2-26-20(25)17-5-3-16(4-6-17)19(24)15-22-11-13-23(14-12-22)18-7-9-21-10-8-18/h3-10H,2,11-15H2,1H3. The van der Waals surface area contributed by atoms with E-state index in [2.05, 4.69) is 14.8 Å². The summed E-state index contributed by atoms with van der Waals surface area (Å²) in [4.78, 5) is 32.7. The van der Waals surface area contributed by atoms with Gasteiger partial charge in [-0.3, -0.25) is 14.7 Å². The number of rotatable bonds is 6. The third kappa shape index (κ3) is 4.46. The largest absolute Gasteiger partial charge is 0.462 e. The molecule has 0 unspecified atom stereocenters. The molecule has 0 amide bonds. The highest BCUT2D eigenvalue weighted by Crippen LogP contribution is 2.15. The van der Waals surface area contributed by atoms with Crippen LogP contribution in [0, 0.1) is 0 Å². The molecule has 0 N–H and O–H groups in total. The summed E-state index contributed by atoms with van der Waals surface area (Å²) in [6.07, 6.45) is 3.59. The van der Waals surface area contributed by atoms with Gasteiger partial charge in [-0.05, 0) is 31.2 Å². The van der Waals surface area contributed by atoms with Crippen molar-refractivity contribution in [2.45, 2.75) is 6.92 Å². The Labute approximate surface area is 153 Å². The van der Waals surface area contributed by atoms with Crippen LogP contribution in [0.2, 0.25) is 0 Å². The van der Waals surface area contributed by atoms with Crippen LogP contribution in [0.3, 0.4) is 0 Å². The Bertz CT molecular complexity index is 739. The van der Waals surface area contributed by atoms with Crippen molar-refractivity contribution in [3.8, 4) is 0 Å².